The molecule has 0 aliphatic heterocycles. The maximum atomic E-state index is 5.92. The van der Waals surface area contributed by atoms with Crippen molar-refractivity contribution in [3.63, 3.8) is 0 Å². The molecule has 0 spiro atoms. The van der Waals surface area contributed by atoms with Crippen LogP contribution in [0.25, 0.3) is 11.1 Å². The normalized spacial score (nSPS) is 11.0. The van der Waals surface area contributed by atoms with Crippen molar-refractivity contribution in [3.8, 4) is 0 Å². The van der Waals surface area contributed by atoms with Gasteiger partial charge in [0.15, 0.2) is 15.9 Å². The molecule has 0 N–H and O–H groups in total. The molecule has 0 aliphatic rings. The third kappa shape index (κ3) is 2.29. The van der Waals surface area contributed by atoms with E-state index in [0.29, 0.717) is 10.1 Å². The second-order valence-corrected chi connectivity index (χ2v) is 5.11. The molecule has 0 amide bonds. The largest absolute Gasteiger partial charge is 0.431 e. The monoisotopic (exact) mass is 297 g/mol. The Morgan fingerprint density at radius 1 is 1.11 bits per heavy atom. The molecule has 0 aliphatic carbocycles. The van der Waals surface area contributed by atoms with Gasteiger partial charge in [0.25, 0.3) is 5.22 Å². The zero-order chi connectivity index (χ0) is 12.5. The third-order valence-corrected chi connectivity index (χ3v) is 3.61. The predicted octanol–water partition coefficient (Wildman–Crippen LogP) is 4.08. The molecule has 4 nitrogen and oxygen atoms in total. The SMILES string of the molecule is Clc1cc(Sc2nc3ccccc3o2)c(Cl)nn1. The average Bonchev–Trinajstić information content (AvgIpc) is 2.76. The molecule has 2 heterocycles. The molecule has 0 fully saturated rings. The van der Waals surface area contributed by atoms with Crippen molar-refractivity contribution in [1.82, 2.24) is 15.2 Å². The highest BCUT2D eigenvalue weighted by Gasteiger charge is 2.11. The van der Waals surface area contributed by atoms with E-state index >= 15 is 0 Å². The molecule has 18 heavy (non-hydrogen) atoms. The van der Waals surface area contributed by atoms with Gasteiger partial charge in [0.1, 0.15) is 5.52 Å². The number of nitrogens with zero attached hydrogens (tertiary/aromatic N) is 3. The minimum absolute atomic E-state index is 0.270. The van der Waals surface area contributed by atoms with Crippen molar-refractivity contribution in [2.24, 2.45) is 0 Å². The summed E-state index contributed by atoms with van der Waals surface area (Å²) in [7, 11) is 0. The van der Waals surface area contributed by atoms with Crippen molar-refractivity contribution >= 4 is 46.1 Å². The molecule has 3 aromatic rings. The molecule has 90 valence electrons. The average molecular weight is 298 g/mol. The number of fused-ring (bicyclic) bond motifs is 1. The Bertz CT molecular complexity index is 683. The van der Waals surface area contributed by atoms with E-state index in [-0.39, 0.29) is 10.3 Å². The highest BCUT2D eigenvalue weighted by molar-refractivity contribution is 7.99. The number of oxazole rings is 1. The van der Waals surface area contributed by atoms with Gasteiger partial charge in [0, 0.05) is 0 Å². The van der Waals surface area contributed by atoms with Gasteiger partial charge >= 0.3 is 0 Å². The molecule has 0 radical (unpaired) electrons. The van der Waals surface area contributed by atoms with Crippen molar-refractivity contribution < 1.29 is 4.42 Å². The van der Waals surface area contributed by atoms with Gasteiger partial charge in [-0.05, 0) is 30.0 Å². The van der Waals surface area contributed by atoms with Crippen LogP contribution in [0.2, 0.25) is 10.3 Å². The van der Waals surface area contributed by atoms with E-state index in [1.807, 2.05) is 24.3 Å². The minimum atomic E-state index is 0.270. The molecular weight excluding hydrogens is 293 g/mol. The number of rotatable bonds is 2. The second-order valence-electron chi connectivity index (χ2n) is 3.37. The zero-order valence-electron chi connectivity index (χ0n) is 8.80. The first kappa shape index (κ1) is 11.8. The van der Waals surface area contributed by atoms with Gasteiger partial charge in [0.05, 0.1) is 4.90 Å². The van der Waals surface area contributed by atoms with Crippen LogP contribution in [0.3, 0.4) is 0 Å². The quantitative estimate of drug-likeness (QED) is 0.713. The van der Waals surface area contributed by atoms with Crippen LogP contribution in [0.1, 0.15) is 0 Å². The molecule has 0 unspecified atom stereocenters. The lowest BCUT2D eigenvalue weighted by molar-refractivity contribution is 0.489. The maximum Gasteiger partial charge on any atom is 0.261 e. The van der Waals surface area contributed by atoms with Crippen LogP contribution in [0.4, 0.5) is 0 Å². The summed E-state index contributed by atoms with van der Waals surface area (Å²) in [6.07, 6.45) is 0. The van der Waals surface area contributed by atoms with Gasteiger partial charge in [-0.1, -0.05) is 35.3 Å². The number of benzene rings is 1. The first-order chi connectivity index (χ1) is 8.72. The standard InChI is InChI=1S/C11H5Cl2N3OS/c12-9-5-8(10(13)16-15-9)18-11-14-6-3-1-2-4-7(6)17-11/h1-5H. The maximum absolute atomic E-state index is 5.92. The van der Waals surface area contributed by atoms with Gasteiger partial charge < -0.3 is 4.42 Å². The fourth-order valence-electron chi connectivity index (χ4n) is 1.40. The number of halogens is 2. The van der Waals surface area contributed by atoms with Gasteiger partial charge in [-0.25, -0.2) is 4.98 Å². The van der Waals surface area contributed by atoms with Crippen LogP contribution >= 0.6 is 35.0 Å². The van der Waals surface area contributed by atoms with E-state index in [1.54, 1.807) is 6.07 Å². The van der Waals surface area contributed by atoms with Crippen molar-refractivity contribution in [2.75, 3.05) is 0 Å². The third-order valence-electron chi connectivity index (χ3n) is 2.16. The Labute approximate surface area is 116 Å². The topological polar surface area (TPSA) is 51.8 Å². The fraction of sp³-hybridized carbons (Fsp3) is 0. The van der Waals surface area contributed by atoms with E-state index in [1.165, 1.54) is 11.8 Å². The molecule has 0 saturated carbocycles. The van der Waals surface area contributed by atoms with Crippen LogP contribution in [-0.4, -0.2) is 15.2 Å². The predicted molar refractivity (Wildman–Crippen MR) is 70.2 cm³/mol. The summed E-state index contributed by atoms with van der Waals surface area (Å²) in [6.45, 7) is 0. The fourth-order valence-corrected chi connectivity index (χ4v) is 2.58. The lowest BCUT2D eigenvalue weighted by Crippen LogP contribution is -1.85. The van der Waals surface area contributed by atoms with Gasteiger partial charge in [-0.3, -0.25) is 0 Å². The van der Waals surface area contributed by atoms with E-state index < -0.39 is 0 Å². The molecule has 0 atom stereocenters. The summed E-state index contributed by atoms with van der Waals surface area (Å²) in [6, 6.07) is 9.14. The molecular formula is C11H5Cl2N3OS. The lowest BCUT2D eigenvalue weighted by atomic mass is 10.3. The molecule has 0 saturated heterocycles. The van der Waals surface area contributed by atoms with Crippen LogP contribution in [0.15, 0.2) is 44.9 Å². The lowest BCUT2D eigenvalue weighted by Gasteiger charge is -1.98. The van der Waals surface area contributed by atoms with Crippen molar-refractivity contribution in [3.05, 3.63) is 40.6 Å². The Morgan fingerprint density at radius 2 is 1.94 bits per heavy atom. The zero-order valence-corrected chi connectivity index (χ0v) is 11.1. The highest BCUT2D eigenvalue weighted by Crippen LogP contribution is 2.33. The van der Waals surface area contributed by atoms with E-state index in [4.69, 9.17) is 27.6 Å². The Morgan fingerprint density at radius 3 is 2.78 bits per heavy atom. The molecule has 0 bridgehead atoms. The summed E-state index contributed by atoms with van der Waals surface area (Å²) in [5.41, 5.74) is 1.52. The Balaban J connectivity index is 1.98. The van der Waals surface area contributed by atoms with Crippen LogP contribution in [0.5, 0.6) is 0 Å². The highest BCUT2D eigenvalue weighted by atomic mass is 35.5. The van der Waals surface area contributed by atoms with Crippen molar-refractivity contribution in [2.45, 2.75) is 10.1 Å². The summed E-state index contributed by atoms with van der Waals surface area (Å²) < 4.78 is 5.57. The summed E-state index contributed by atoms with van der Waals surface area (Å²) >= 11 is 12.9. The second kappa shape index (κ2) is 4.76. The van der Waals surface area contributed by atoms with Gasteiger partial charge in [-0.15, -0.1) is 10.2 Å². The number of aromatic nitrogens is 3. The molecule has 7 heteroatoms. The van der Waals surface area contributed by atoms with Crippen LogP contribution in [0, 0.1) is 0 Å². The van der Waals surface area contributed by atoms with E-state index in [9.17, 15) is 0 Å². The van der Waals surface area contributed by atoms with Gasteiger partial charge in [0.2, 0.25) is 0 Å². The number of para-hydroxylation sites is 2. The van der Waals surface area contributed by atoms with Crippen LogP contribution < -0.4 is 0 Å². The summed E-state index contributed by atoms with van der Waals surface area (Å²) in [5, 5.41) is 8.40. The summed E-state index contributed by atoms with van der Waals surface area (Å²) in [4.78, 5) is 4.98. The van der Waals surface area contributed by atoms with Gasteiger partial charge in [-0.2, -0.15) is 0 Å². The van der Waals surface area contributed by atoms with E-state index in [2.05, 4.69) is 15.2 Å². The number of hydrogen-bond acceptors (Lipinski definition) is 5. The Hall–Kier alpha value is -1.30. The first-order valence-electron chi connectivity index (χ1n) is 4.94. The molecule has 2 aromatic heterocycles. The van der Waals surface area contributed by atoms with Crippen LogP contribution in [-0.2, 0) is 0 Å². The van der Waals surface area contributed by atoms with E-state index in [0.717, 1.165) is 11.1 Å². The minimum Gasteiger partial charge on any atom is -0.431 e. The number of hydrogen-bond donors (Lipinski definition) is 0. The Kier molecular flexibility index (Phi) is 3.11. The smallest absolute Gasteiger partial charge is 0.261 e. The molecule has 3 rings (SSSR count). The van der Waals surface area contributed by atoms with Crippen molar-refractivity contribution in [1.29, 1.82) is 0 Å². The molecule has 1 aromatic carbocycles. The first-order valence-corrected chi connectivity index (χ1v) is 6.52. The summed E-state index contributed by atoms with van der Waals surface area (Å²) in [5.74, 6) is 0.